The number of pyridine rings is 1. The molecule has 0 fully saturated rings. The molecule has 0 spiro atoms. The summed E-state index contributed by atoms with van der Waals surface area (Å²) in [6, 6.07) is 3.55. The average molecular weight is 195 g/mol. The SMILES string of the molecule is Cc1ccn(CCCC(C)O)c(=O)c1. The molecule has 0 saturated heterocycles. The fourth-order valence-corrected chi connectivity index (χ4v) is 1.35. The lowest BCUT2D eigenvalue weighted by atomic mass is 10.2. The summed E-state index contributed by atoms with van der Waals surface area (Å²) in [6.45, 7) is 4.35. The molecule has 1 heterocycles. The third-order valence-electron chi connectivity index (χ3n) is 2.17. The summed E-state index contributed by atoms with van der Waals surface area (Å²) < 4.78 is 1.68. The second-order valence-electron chi connectivity index (χ2n) is 3.73. The first-order valence-electron chi connectivity index (χ1n) is 4.95. The van der Waals surface area contributed by atoms with E-state index in [1.54, 1.807) is 23.8 Å². The van der Waals surface area contributed by atoms with Crippen LogP contribution < -0.4 is 5.56 Å². The summed E-state index contributed by atoms with van der Waals surface area (Å²) in [6.07, 6.45) is 3.09. The second-order valence-corrected chi connectivity index (χ2v) is 3.73. The van der Waals surface area contributed by atoms with Crippen LogP contribution in [0.5, 0.6) is 0 Å². The van der Waals surface area contributed by atoms with Crippen molar-refractivity contribution in [3.63, 3.8) is 0 Å². The van der Waals surface area contributed by atoms with E-state index in [9.17, 15) is 4.79 Å². The molecule has 0 saturated carbocycles. The summed E-state index contributed by atoms with van der Waals surface area (Å²) in [7, 11) is 0. The molecule has 0 amide bonds. The predicted octanol–water partition coefficient (Wildman–Crippen LogP) is 1.32. The van der Waals surface area contributed by atoms with E-state index in [0.29, 0.717) is 6.54 Å². The lowest BCUT2D eigenvalue weighted by Gasteiger charge is -2.06. The average Bonchev–Trinajstić information content (AvgIpc) is 2.08. The van der Waals surface area contributed by atoms with Gasteiger partial charge in [0.15, 0.2) is 0 Å². The van der Waals surface area contributed by atoms with Gasteiger partial charge in [0.25, 0.3) is 5.56 Å². The van der Waals surface area contributed by atoms with E-state index in [4.69, 9.17) is 5.11 Å². The molecule has 1 aromatic rings. The molecular formula is C11H17NO2. The highest BCUT2D eigenvalue weighted by Crippen LogP contribution is 1.98. The van der Waals surface area contributed by atoms with Crippen molar-refractivity contribution in [2.45, 2.75) is 39.3 Å². The van der Waals surface area contributed by atoms with Crippen LogP contribution in [0.25, 0.3) is 0 Å². The lowest BCUT2D eigenvalue weighted by molar-refractivity contribution is 0.179. The number of aryl methyl sites for hydroxylation is 2. The van der Waals surface area contributed by atoms with Crippen molar-refractivity contribution in [1.29, 1.82) is 0 Å². The first kappa shape index (κ1) is 11.0. The van der Waals surface area contributed by atoms with E-state index in [1.165, 1.54) is 0 Å². The number of aliphatic hydroxyl groups is 1. The molecule has 1 aromatic heterocycles. The van der Waals surface area contributed by atoms with Gasteiger partial charge in [0, 0.05) is 18.8 Å². The van der Waals surface area contributed by atoms with Crippen molar-refractivity contribution in [3.8, 4) is 0 Å². The predicted molar refractivity (Wildman–Crippen MR) is 56.4 cm³/mol. The van der Waals surface area contributed by atoms with E-state index in [2.05, 4.69) is 0 Å². The van der Waals surface area contributed by atoms with E-state index in [0.717, 1.165) is 18.4 Å². The van der Waals surface area contributed by atoms with Crippen molar-refractivity contribution >= 4 is 0 Å². The molecule has 1 atom stereocenters. The molecule has 3 heteroatoms. The van der Waals surface area contributed by atoms with Gasteiger partial charge in [0.1, 0.15) is 0 Å². The van der Waals surface area contributed by atoms with Crippen molar-refractivity contribution in [2.75, 3.05) is 0 Å². The van der Waals surface area contributed by atoms with Gasteiger partial charge in [-0.05, 0) is 38.3 Å². The molecule has 0 aromatic carbocycles. The summed E-state index contributed by atoms with van der Waals surface area (Å²) in [4.78, 5) is 11.4. The number of nitrogens with zero attached hydrogens (tertiary/aromatic N) is 1. The van der Waals surface area contributed by atoms with Crippen molar-refractivity contribution in [1.82, 2.24) is 4.57 Å². The molecule has 1 rings (SSSR count). The molecule has 78 valence electrons. The Kier molecular flexibility index (Phi) is 3.89. The summed E-state index contributed by atoms with van der Waals surface area (Å²) >= 11 is 0. The Morgan fingerprint density at radius 1 is 1.57 bits per heavy atom. The van der Waals surface area contributed by atoms with E-state index >= 15 is 0 Å². The minimum absolute atomic E-state index is 0.0376. The number of hydrogen-bond donors (Lipinski definition) is 1. The molecule has 0 bridgehead atoms. The number of aromatic nitrogens is 1. The summed E-state index contributed by atoms with van der Waals surface area (Å²) in [5.74, 6) is 0. The Morgan fingerprint density at radius 2 is 2.29 bits per heavy atom. The van der Waals surface area contributed by atoms with Gasteiger partial charge in [0.2, 0.25) is 0 Å². The van der Waals surface area contributed by atoms with Crippen molar-refractivity contribution in [3.05, 3.63) is 34.2 Å². The first-order chi connectivity index (χ1) is 6.59. The Bertz CT molecular complexity index is 341. The van der Waals surface area contributed by atoms with Crippen LogP contribution in [0.4, 0.5) is 0 Å². The third kappa shape index (κ3) is 3.34. The Hall–Kier alpha value is -1.09. The van der Waals surface area contributed by atoms with Gasteiger partial charge < -0.3 is 9.67 Å². The Morgan fingerprint density at radius 3 is 2.86 bits per heavy atom. The molecule has 0 aliphatic carbocycles. The lowest BCUT2D eigenvalue weighted by Crippen LogP contribution is -2.19. The molecule has 1 unspecified atom stereocenters. The largest absolute Gasteiger partial charge is 0.393 e. The fourth-order valence-electron chi connectivity index (χ4n) is 1.35. The van der Waals surface area contributed by atoms with Gasteiger partial charge in [0.05, 0.1) is 6.10 Å². The molecule has 1 N–H and O–H groups in total. The van der Waals surface area contributed by atoms with Crippen LogP contribution in [0.3, 0.4) is 0 Å². The molecule has 0 radical (unpaired) electrons. The first-order valence-corrected chi connectivity index (χ1v) is 4.95. The van der Waals surface area contributed by atoms with Crippen LogP contribution >= 0.6 is 0 Å². The van der Waals surface area contributed by atoms with Gasteiger partial charge in [-0.1, -0.05) is 0 Å². The highest BCUT2D eigenvalue weighted by molar-refractivity contribution is 5.07. The topological polar surface area (TPSA) is 42.2 Å². The smallest absolute Gasteiger partial charge is 0.250 e. The summed E-state index contributed by atoms with van der Waals surface area (Å²) in [5.41, 5.74) is 1.03. The second kappa shape index (κ2) is 4.96. The quantitative estimate of drug-likeness (QED) is 0.787. The zero-order valence-electron chi connectivity index (χ0n) is 8.73. The van der Waals surface area contributed by atoms with Gasteiger partial charge in [-0.2, -0.15) is 0 Å². The monoisotopic (exact) mass is 195 g/mol. The number of aliphatic hydroxyl groups excluding tert-OH is 1. The fraction of sp³-hybridized carbons (Fsp3) is 0.545. The zero-order chi connectivity index (χ0) is 10.6. The van der Waals surface area contributed by atoms with E-state index < -0.39 is 0 Å². The van der Waals surface area contributed by atoms with Crippen molar-refractivity contribution in [2.24, 2.45) is 0 Å². The summed E-state index contributed by atoms with van der Waals surface area (Å²) in [5, 5.41) is 9.06. The molecule has 0 aliphatic heterocycles. The van der Waals surface area contributed by atoms with Crippen LogP contribution in [0.15, 0.2) is 23.1 Å². The highest BCUT2D eigenvalue weighted by Gasteiger charge is 1.98. The van der Waals surface area contributed by atoms with Crippen LogP contribution in [0.2, 0.25) is 0 Å². The Balaban J connectivity index is 2.55. The maximum absolute atomic E-state index is 11.4. The standard InChI is InChI=1S/C11H17NO2/c1-9-5-7-12(11(14)8-9)6-3-4-10(2)13/h5,7-8,10,13H,3-4,6H2,1-2H3. The van der Waals surface area contributed by atoms with Crippen LogP contribution in [0, 0.1) is 6.92 Å². The minimum Gasteiger partial charge on any atom is -0.393 e. The van der Waals surface area contributed by atoms with Crippen LogP contribution in [-0.2, 0) is 6.54 Å². The van der Waals surface area contributed by atoms with Gasteiger partial charge in [-0.25, -0.2) is 0 Å². The number of rotatable bonds is 4. The molecular weight excluding hydrogens is 178 g/mol. The third-order valence-corrected chi connectivity index (χ3v) is 2.17. The molecule has 0 aliphatic rings. The van der Waals surface area contributed by atoms with Gasteiger partial charge in [-0.3, -0.25) is 4.79 Å². The minimum atomic E-state index is -0.281. The Labute approximate surface area is 84.0 Å². The normalized spacial score (nSPS) is 12.8. The maximum atomic E-state index is 11.4. The number of hydrogen-bond acceptors (Lipinski definition) is 2. The van der Waals surface area contributed by atoms with Crippen LogP contribution in [0.1, 0.15) is 25.3 Å². The highest BCUT2D eigenvalue weighted by atomic mass is 16.3. The molecule has 3 nitrogen and oxygen atoms in total. The molecule has 14 heavy (non-hydrogen) atoms. The zero-order valence-corrected chi connectivity index (χ0v) is 8.73. The van der Waals surface area contributed by atoms with Gasteiger partial charge >= 0.3 is 0 Å². The van der Waals surface area contributed by atoms with Crippen LogP contribution in [-0.4, -0.2) is 15.8 Å². The van der Waals surface area contributed by atoms with Gasteiger partial charge in [-0.15, -0.1) is 0 Å². The van der Waals surface area contributed by atoms with Crippen molar-refractivity contribution < 1.29 is 5.11 Å². The van der Waals surface area contributed by atoms with E-state index in [1.807, 2.05) is 13.0 Å². The maximum Gasteiger partial charge on any atom is 0.250 e. The van der Waals surface area contributed by atoms with E-state index in [-0.39, 0.29) is 11.7 Å².